The third kappa shape index (κ3) is 4.87. The largest absolute Gasteiger partial charge is 0.370 e. The Morgan fingerprint density at radius 1 is 1.24 bits per heavy atom. The van der Waals surface area contributed by atoms with E-state index in [0.717, 1.165) is 24.3 Å². The molecule has 0 aromatic carbocycles. The van der Waals surface area contributed by atoms with Crippen molar-refractivity contribution in [2.45, 2.75) is 26.7 Å². The Morgan fingerprint density at radius 3 is 2.76 bits per heavy atom. The minimum atomic E-state index is -0.0812. The molecule has 0 bridgehead atoms. The van der Waals surface area contributed by atoms with Gasteiger partial charge < -0.3 is 10.6 Å². The van der Waals surface area contributed by atoms with E-state index in [2.05, 4.69) is 30.6 Å². The Hall–Kier alpha value is -2.44. The summed E-state index contributed by atoms with van der Waals surface area (Å²) in [6.45, 7) is 5.11. The van der Waals surface area contributed by atoms with Crippen molar-refractivity contribution in [1.29, 1.82) is 0 Å². The van der Waals surface area contributed by atoms with E-state index in [0.29, 0.717) is 17.9 Å². The molecule has 21 heavy (non-hydrogen) atoms. The highest BCUT2D eigenvalue weighted by atomic mass is 16.6. The van der Waals surface area contributed by atoms with Gasteiger partial charge in [-0.05, 0) is 31.9 Å². The van der Waals surface area contributed by atoms with Crippen LogP contribution in [-0.2, 0) is 11.2 Å². The summed E-state index contributed by atoms with van der Waals surface area (Å²) in [5, 5.41) is 13.4. The van der Waals surface area contributed by atoms with Crippen molar-refractivity contribution >= 4 is 11.7 Å². The summed E-state index contributed by atoms with van der Waals surface area (Å²) >= 11 is 0. The molecule has 7 nitrogen and oxygen atoms in total. The standard InChI is InChI=1S/C14H19N5O2/c1-10-4-5-13(17-9-10)15-6-3-7-16-14(20)8-12-11(2)18-21-19-12/h4-5,9H,3,6-8H2,1-2H3,(H,15,17)(H,16,20). The second kappa shape index (κ2) is 7.37. The van der Waals surface area contributed by atoms with Gasteiger partial charge in [-0.25, -0.2) is 9.61 Å². The second-order valence-electron chi connectivity index (χ2n) is 4.82. The van der Waals surface area contributed by atoms with Crippen LogP contribution in [0.15, 0.2) is 23.0 Å². The number of anilines is 1. The molecule has 2 rings (SSSR count). The summed E-state index contributed by atoms with van der Waals surface area (Å²) < 4.78 is 4.55. The van der Waals surface area contributed by atoms with E-state index < -0.39 is 0 Å². The lowest BCUT2D eigenvalue weighted by Gasteiger charge is -2.06. The monoisotopic (exact) mass is 289 g/mol. The molecule has 2 aromatic rings. The van der Waals surface area contributed by atoms with Crippen LogP contribution in [0.1, 0.15) is 23.4 Å². The molecule has 0 fully saturated rings. The summed E-state index contributed by atoms with van der Waals surface area (Å²) in [6, 6.07) is 3.94. The number of aryl methyl sites for hydroxylation is 2. The fourth-order valence-electron chi connectivity index (χ4n) is 1.73. The van der Waals surface area contributed by atoms with Gasteiger partial charge in [0.25, 0.3) is 0 Å². The Balaban J connectivity index is 1.60. The highest BCUT2D eigenvalue weighted by molar-refractivity contribution is 5.78. The fourth-order valence-corrected chi connectivity index (χ4v) is 1.73. The number of carbonyl (C=O) groups excluding carboxylic acids is 1. The molecule has 0 saturated heterocycles. The van der Waals surface area contributed by atoms with E-state index in [-0.39, 0.29) is 12.3 Å². The predicted molar refractivity (Wildman–Crippen MR) is 77.8 cm³/mol. The fraction of sp³-hybridized carbons (Fsp3) is 0.429. The van der Waals surface area contributed by atoms with Crippen LogP contribution in [0.4, 0.5) is 5.82 Å². The number of pyridine rings is 1. The number of rotatable bonds is 7. The second-order valence-corrected chi connectivity index (χ2v) is 4.82. The Labute approximate surface area is 123 Å². The lowest BCUT2D eigenvalue weighted by Crippen LogP contribution is -2.27. The Morgan fingerprint density at radius 2 is 2.10 bits per heavy atom. The number of carbonyl (C=O) groups is 1. The van der Waals surface area contributed by atoms with Gasteiger partial charge in [0.15, 0.2) is 0 Å². The van der Waals surface area contributed by atoms with E-state index in [1.165, 1.54) is 0 Å². The third-order valence-electron chi connectivity index (χ3n) is 2.97. The number of amides is 1. The van der Waals surface area contributed by atoms with Crippen LogP contribution in [-0.4, -0.2) is 34.3 Å². The first-order valence-corrected chi connectivity index (χ1v) is 6.86. The molecule has 0 spiro atoms. The van der Waals surface area contributed by atoms with Crippen molar-refractivity contribution in [3.63, 3.8) is 0 Å². The molecule has 0 aliphatic carbocycles. The van der Waals surface area contributed by atoms with Gasteiger partial charge in [0.2, 0.25) is 5.91 Å². The van der Waals surface area contributed by atoms with Gasteiger partial charge in [-0.15, -0.1) is 0 Å². The number of nitrogens with one attached hydrogen (secondary N) is 2. The molecule has 112 valence electrons. The van der Waals surface area contributed by atoms with E-state index >= 15 is 0 Å². The van der Waals surface area contributed by atoms with Crippen LogP contribution in [0, 0.1) is 13.8 Å². The molecule has 1 amide bonds. The number of aromatic nitrogens is 3. The molecule has 0 unspecified atom stereocenters. The van der Waals surface area contributed by atoms with Gasteiger partial charge in [-0.1, -0.05) is 16.4 Å². The van der Waals surface area contributed by atoms with Gasteiger partial charge in [0.05, 0.1) is 6.42 Å². The molecule has 0 aliphatic heterocycles. The highest BCUT2D eigenvalue weighted by Crippen LogP contribution is 2.03. The summed E-state index contributed by atoms with van der Waals surface area (Å²) in [4.78, 5) is 15.9. The SMILES string of the molecule is Cc1ccc(NCCCNC(=O)Cc2nonc2C)nc1. The number of hydrogen-bond acceptors (Lipinski definition) is 6. The summed E-state index contributed by atoms with van der Waals surface area (Å²) in [5.41, 5.74) is 2.36. The van der Waals surface area contributed by atoms with Crippen molar-refractivity contribution in [2.24, 2.45) is 0 Å². The molecule has 2 heterocycles. The van der Waals surface area contributed by atoms with E-state index in [1.807, 2.05) is 25.3 Å². The van der Waals surface area contributed by atoms with E-state index in [9.17, 15) is 4.79 Å². The highest BCUT2D eigenvalue weighted by Gasteiger charge is 2.10. The van der Waals surface area contributed by atoms with Gasteiger partial charge in [0, 0.05) is 19.3 Å². The molecular weight excluding hydrogens is 270 g/mol. The quantitative estimate of drug-likeness (QED) is 0.745. The molecule has 7 heteroatoms. The zero-order valence-electron chi connectivity index (χ0n) is 12.2. The average Bonchev–Trinajstić information content (AvgIpc) is 2.86. The van der Waals surface area contributed by atoms with Crippen LogP contribution in [0.5, 0.6) is 0 Å². The van der Waals surface area contributed by atoms with Gasteiger partial charge >= 0.3 is 0 Å². The van der Waals surface area contributed by atoms with Crippen LogP contribution in [0.2, 0.25) is 0 Å². The summed E-state index contributed by atoms with van der Waals surface area (Å²) in [6.07, 6.45) is 2.83. The maximum absolute atomic E-state index is 11.7. The normalized spacial score (nSPS) is 10.4. The van der Waals surface area contributed by atoms with E-state index in [4.69, 9.17) is 0 Å². The van der Waals surface area contributed by atoms with Crippen LogP contribution < -0.4 is 10.6 Å². The molecule has 0 atom stereocenters. The molecule has 2 N–H and O–H groups in total. The molecule has 0 aliphatic rings. The smallest absolute Gasteiger partial charge is 0.226 e. The maximum atomic E-state index is 11.7. The lowest BCUT2D eigenvalue weighted by molar-refractivity contribution is -0.120. The van der Waals surface area contributed by atoms with Gasteiger partial charge in [0.1, 0.15) is 17.2 Å². The van der Waals surface area contributed by atoms with Crippen LogP contribution in [0.25, 0.3) is 0 Å². The summed E-state index contributed by atoms with van der Waals surface area (Å²) in [7, 11) is 0. The first-order valence-electron chi connectivity index (χ1n) is 6.86. The van der Waals surface area contributed by atoms with Crippen LogP contribution >= 0.6 is 0 Å². The molecule has 2 aromatic heterocycles. The maximum Gasteiger partial charge on any atom is 0.226 e. The first-order chi connectivity index (χ1) is 10.1. The van der Waals surface area contributed by atoms with Crippen molar-refractivity contribution in [2.75, 3.05) is 18.4 Å². The number of nitrogens with zero attached hydrogens (tertiary/aromatic N) is 3. The third-order valence-corrected chi connectivity index (χ3v) is 2.97. The van der Waals surface area contributed by atoms with Crippen molar-refractivity contribution in [3.8, 4) is 0 Å². The summed E-state index contributed by atoms with van der Waals surface area (Å²) in [5.74, 6) is 0.762. The minimum Gasteiger partial charge on any atom is -0.370 e. The topological polar surface area (TPSA) is 92.9 Å². The molecular formula is C14H19N5O2. The Kier molecular flexibility index (Phi) is 5.25. The molecule has 0 radical (unpaired) electrons. The minimum absolute atomic E-state index is 0.0812. The van der Waals surface area contributed by atoms with E-state index in [1.54, 1.807) is 6.92 Å². The van der Waals surface area contributed by atoms with Crippen molar-refractivity contribution in [1.82, 2.24) is 20.6 Å². The van der Waals surface area contributed by atoms with Gasteiger partial charge in [-0.3, -0.25) is 4.79 Å². The number of hydrogen-bond donors (Lipinski definition) is 2. The van der Waals surface area contributed by atoms with Crippen molar-refractivity contribution < 1.29 is 9.42 Å². The zero-order valence-corrected chi connectivity index (χ0v) is 12.2. The van der Waals surface area contributed by atoms with Crippen LogP contribution in [0.3, 0.4) is 0 Å². The van der Waals surface area contributed by atoms with Crippen molar-refractivity contribution in [3.05, 3.63) is 35.3 Å². The molecule has 0 saturated carbocycles. The lowest BCUT2D eigenvalue weighted by atomic mass is 10.2. The zero-order chi connectivity index (χ0) is 15.1. The van der Waals surface area contributed by atoms with Gasteiger partial charge in [-0.2, -0.15) is 0 Å². The Bertz CT molecular complexity index is 579. The first kappa shape index (κ1) is 15.0. The predicted octanol–water partition coefficient (Wildman–Crippen LogP) is 1.24. The average molecular weight is 289 g/mol.